The lowest BCUT2D eigenvalue weighted by Gasteiger charge is -2.26. The van der Waals surface area contributed by atoms with E-state index in [0.717, 1.165) is 36.8 Å². The predicted octanol–water partition coefficient (Wildman–Crippen LogP) is 3.32. The van der Waals surface area contributed by atoms with Crippen LogP contribution in [0.2, 0.25) is 0 Å². The molecule has 3 unspecified atom stereocenters. The fraction of sp³-hybridized carbons (Fsp3) is 1.00. The minimum atomic E-state index is 0.765. The molecule has 0 bridgehead atoms. The van der Waals surface area contributed by atoms with Gasteiger partial charge in [0.25, 0.3) is 0 Å². The molecule has 1 fully saturated rings. The standard InChI is InChI=1S/C15H31NO/c1-12(2)10-16-11-14-6-5-7-15(14)13(3)8-9-17-4/h12-16H,5-11H2,1-4H3. The Morgan fingerprint density at radius 2 is 2.00 bits per heavy atom. The maximum atomic E-state index is 5.20. The Kier molecular flexibility index (Phi) is 7.14. The molecule has 1 aliphatic carbocycles. The number of nitrogens with one attached hydrogen (secondary N) is 1. The summed E-state index contributed by atoms with van der Waals surface area (Å²) in [5.41, 5.74) is 0. The zero-order valence-corrected chi connectivity index (χ0v) is 12.2. The van der Waals surface area contributed by atoms with E-state index in [1.54, 1.807) is 0 Å². The van der Waals surface area contributed by atoms with E-state index in [2.05, 4.69) is 26.1 Å². The van der Waals surface area contributed by atoms with Crippen LogP contribution in [0.4, 0.5) is 0 Å². The lowest BCUT2D eigenvalue weighted by molar-refractivity contribution is 0.154. The Balaban J connectivity index is 2.27. The van der Waals surface area contributed by atoms with E-state index in [1.165, 1.54) is 32.2 Å². The summed E-state index contributed by atoms with van der Waals surface area (Å²) in [7, 11) is 1.81. The van der Waals surface area contributed by atoms with Crippen molar-refractivity contribution in [3.8, 4) is 0 Å². The van der Waals surface area contributed by atoms with Crippen molar-refractivity contribution < 1.29 is 4.74 Å². The molecule has 1 aliphatic rings. The van der Waals surface area contributed by atoms with E-state index in [4.69, 9.17) is 4.74 Å². The van der Waals surface area contributed by atoms with Crippen molar-refractivity contribution in [2.24, 2.45) is 23.7 Å². The fourth-order valence-electron chi connectivity index (χ4n) is 3.14. The highest BCUT2D eigenvalue weighted by Crippen LogP contribution is 2.37. The van der Waals surface area contributed by atoms with Crippen LogP contribution in [-0.2, 0) is 4.74 Å². The maximum absolute atomic E-state index is 5.20. The number of methoxy groups -OCH3 is 1. The molecule has 1 saturated carbocycles. The van der Waals surface area contributed by atoms with Gasteiger partial charge in [-0.2, -0.15) is 0 Å². The molecule has 0 saturated heterocycles. The van der Waals surface area contributed by atoms with Crippen LogP contribution in [0, 0.1) is 23.7 Å². The molecule has 1 N–H and O–H groups in total. The van der Waals surface area contributed by atoms with Crippen molar-refractivity contribution in [2.75, 3.05) is 26.8 Å². The van der Waals surface area contributed by atoms with Crippen molar-refractivity contribution in [1.82, 2.24) is 5.32 Å². The van der Waals surface area contributed by atoms with Gasteiger partial charge in [-0.15, -0.1) is 0 Å². The van der Waals surface area contributed by atoms with Crippen molar-refractivity contribution in [3.05, 3.63) is 0 Å². The average Bonchev–Trinajstić information content (AvgIpc) is 2.73. The zero-order chi connectivity index (χ0) is 12.7. The first-order valence-corrected chi connectivity index (χ1v) is 7.34. The third kappa shape index (κ3) is 5.39. The molecule has 0 spiro atoms. The van der Waals surface area contributed by atoms with Gasteiger partial charge in [-0.05, 0) is 56.0 Å². The van der Waals surface area contributed by atoms with Gasteiger partial charge in [0.15, 0.2) is 0 Å². The van der Waals surface area contributed by atoms with E-state index < -0.39 is 0 Å². The summed E-state index contributed by atoms with van der Waals surface area (Å²) >= 11 is 0. The van der Waals surface area contributed by atoms with E-state index >= 15 is 0 Å². The zero-order valence-electron chi connectivity index (χ0n) is 12.2. The van der Waals surface area contributed by atoms with Gasteiger partial charge >= 0.3 is 0 Å². The molecule has 0 aliphatic heterocycles. The number of hydrogen-bond acceptors (Lipinski definition) is 2. The molecule has 2 heteroatoms. The second-order valence-corrected chi connectivity index (χ2v) is 6.17. The second-order valence-electron chi connectivity index (χ2n) is 6.17. The van der Waals surface area contributed by atoms with Crippen LogP contribution in [-0.4, -0.2) is 26.8 Å². The largest absolute Gasteiger partial charge is 0.385 e. The molecule has 17 heavy (non-hydrogen) atoms. The number of ether oxygens (including phenoxy) is 1. The molecule has 0 radical (unpaired) electrons. The third-order valence-corrected chi connectivity index (χ3v) is 4.19. The monoisotopic (exact) mass is 241 g/mol. The maximum Gasteiger partial charge on any atom is 0.0464 e. The summed E-state index contributed by atoms with van der Waals surface area (Å²) in [6.07, 6.45) is 5.50. The highest BCUT2D eigenvalue weighted by atomic mass is 16.5. The highest BCUT2D eigenvalue weighted by Gasteiger charge is 2.30. The first kappa shape index (κ1) is 15.0. The summed E-state index contributed by atoms with van der Waals surface area (Å²) in [6.45, 7) is 10.3. The molecule has 1 rings (SSSR count). The summed E-state index contributed by atoms with van der Waals surface area (Å²) in [4.78, 5) is 0. The molecule has 102 valence electrons. The van der Waals surface area contributed by atoms with Crippen LogP contribution in [0.3, 0.4) is 0 Å². The smallest absolute Gasteiger partial charge is 0.0464 e. The van der Waals surface area contributed by atoms with Crippen LogP contribution < -0.4 is 5.32 Å². The number of hydrogen-bond donors (Lipinski definition) is 1. The highest BCUT2D eigenvalue weighted by molar-refractivity contribution is 4.82. The minimum absolute atomic E-state index is 0.765. The van der Waals surface area contributed by atoms with Crippen molar-refractivity contribution >= 4 is 0 Å². The number of rotatable bonds is 8. The van der Waals surface area contributed by atoms with Gasteiger partial charge in [0, 0.05) is 13.7 Å². The van der Waals surface area contributed by atoms with Crippen LogP contribution in [0.25, 0.3) is 0 Å². The van der Waals surface area contributed by atoms with Gasteiger partial charge in [0.2, 0.25) is 0 Å². The summed E-state index contributed by atoms with van der Waals surface area (Å²) in [6, 6.07) is 0. The predicted molar refractivity (Wildman–Crippen MR) is 74.2 cm³/mol. The van der Waals surface area contributed by atoms with Crippen molar-refractivity contribution in [2.45, 2.75) is 46.5 Å². The van der Waals surface area contributed by atoms with E-state index in [-0.39, 0.29) is 0 Å². The Labute approximate surface area is 108 Å². The summed E-state index contributed by atoms with van der Waals surface area (Å²) in [5.74, 6) is 3.41. The van der Waals surface area contributed by atoms with Crippen LogP contribution >= 0.6 is 0 Å². The quantitative estimate of drug-likeness (QED) is 0.704. The van der Waals surface area contributed by atoms with Crippen LogP contribution in [0.15, 0.2) is 0 Å². The molecule has 0 aromatic rings. The van der Waals surface area contributed by atoms with Gasteiger partial charge < -0.3 is 10.1 Å². The Morgan fingerprint density at radius 3 is 2.65 bits per heavy atom. The van der Waals surface area contributed by atoms with E-state index in [1.807, 2.05) is 7.11 Å². The second kappa shape index (κ2) is 8.10. The fourth-order valence-corrected chi connectivity index (χ4v) is 3.14. The van der Waals surface area contributed by atoms with Crippen LogP contribution in [0.5, 0.6) is 0 Å². The van der Waals surface area contributed by atoms with Gasteiger partial charge in [-0.1, -0.05) is 27.2 Å². The topological polar surface area (TPSA) is 21.3 Å². The summed E-state index contributed by atoms with van der Waals surface area (Å²) < 4.78 is 5.20. The molecule has 0 aromatic heterocycles. The third-order valence-electron chi connectivity index (χ3n) is 4.19. The van der Waals surface area contributed by atoms with E-state index in [0.29, 0.717) is 0 Å². The SMILES string of the molecule is COCCC(C)C1CCCC1CNCC(C)C. The van der Waals surface area contributed by atoms with Gasteiger partial charge in [0.05, 0.1) is 0 Å². The first-order chi connectivity index (χ1) is 8.15. The molecular formula is C15H31NO. The van der Waals surface area contributed by atoms with Gasteiger partial charge in [-0.3, -0.25) is 0 Å². The molecular weight excluding hydrogens is 210 g/mol. The van der Waals surface area contributed by atoms with Crippen molar-refractivity contribution in [1.29, 1.82) is 0 Å². The lowest BCUT2D eigenvalue weighted by Crippen LogP contribution is -2.30. The normalized spacial score (nSPS) is 26.6. The molecule has 0 aromatic carbocycles. The first-order valence-electron chi connectivity index (χ1n) is 7.34. The average molecular weight is 241 g/mol. The van der Waals surface area contributed by atoms with Gasteiger partial charge in [0.1, 0.15) is 0 Å². The molecule has 3 atom stereocenters. The lowest BCUT2D eigenvalue weighted by atomic mass is 9.83. The minimum Gasteiger partial charge on any atom is -0.385 e. The summed E-state index contributed by atoms with van der Waals surface area (Å²) in [5, 5.41) is 3.64. The Bertz CT molecular complexity index is 193. The van der Waals surface area contributed by atoms with Gasteiger partial charge in [-0.25, -0.2) is 0 Å². The Hall–Kier alpha value is -0.0800. The Morgan fingerprint density at radius 1 is 1.24 bits per heavy atom. The molecule has 0 heterocycles. The molecule has 2 nitrogen and oxygen atoms in total. The van der Waals surface area contributed by atoms with E-state index in [9.17, 15) is 0 Å². The molecule has 0 amide bonds. The van der Waals surface area contributed by atoms with Crippen LogP contribution in [0.1, 0.15) is 46.5 Å². The van der Waals surface area contributed by atoms with Crippen molar-refractivity contribution in [3.63, 3.8) is 0 Å².